The molecule has 0 bridgehead atoms. The van der Waals surface area contributed by atoms with Crippen LogP contribution in [0.1, 0.15) is 38.5 Å². The molecule has 5 heteroatoms. The Morgan fingerprint density at radius 1 is 1.44 bits per heavy atom. The summed E-state index contributed by atoms with van der Waals surface area (Å²) in [4.78, 5) is 15.8. The van der Waals surface area contributed by atoms with Gasteiger partial charge in [-0.05, 0) is 24.8 Å². The second-order valence-electron chi connectivity index (χ2n) is 4.86. The molecule has 0 atom stereocenters. The summed E-state index contributed by atoms with van der Waals surface area (Å²) in [6.07, 6.45) is 8.09. The lowest BCUT2D eigenvalue weighted by Crippen LogP contribution is -2.18. The third-order valence-corrected chi connectivity index (χ3v) is 3.63. The van der Waals surface area contributed by atoms with Crippen LogP contribution in [0.2, 0.25) is 5.15 Å². The molecule has 2 rings (SSSR count). The third-order valence-electron chi connectivity index (χ3n) is 3.33. The summed E-state index contributed by atoms with van der Waals surface area (Å²) in [6.45, 7) is 0. The van der Waals surface area contributed by atoms with Crippen molar-refractivity contribution in [2.24, 2.45) is 5.92 Å². The summed E-state index contributed by atoms with van der Waals surface area (Å²) in [7, 11) is 0. The molecule has 0 saturated heterocycles. The lowest BCUT2D eigenvalue weighted by atomic mass is 9.87. The number of halogens is 1. The van der Waals surface area contributed by atoms with E-state index < -0.39 is 0 Å². The van der Waals surface area contributed by atoms with E-state index in [1.54, 1.807) is 6.07 Å². The van der Waals surface area contributed by atoms with Crippen molar-refractivity contribution in [1.82, 2.24) is 4.98 Å². The van der Waals surface area contributed by atoms with E-state index in [4.69, 9.17) is 17.3 Å². The molecule has 18 heavy (non-hydrogen) atoms. The van der Waals surface area contributed by atoms with Gasteiger partial charge in [-0.25, -0.2) is 4.98 Å². The van der Waals surface area contributed by atoms with Crippen LogP contribution >= 0.6 is 11.6 Å². The molecule has 0 aromatic carbocycles. The van der Waals surface area contributed by atoms with Crippen LogP contribution < -0.4 is 11.1 Å². The second kappa shape index (κ2) is 6.05. The van der Waals surface area contributed by atoms with E-state index in [1.807, 2.05) is 0 Å². The van der Waals surface area contributed by atoms with Crippen molar-refractivity contribution in [3.05, 3.63) is 17.4 Å². The van der Waals surface area contributed by atoms with Crippen LogP contribution in [0.4, 0.5) is 11.4 Å². The Bertz CT molecular complexity index is 430. The highest BCUT2D eigenvalue weighted by Crippen LogP contribution is 2.27. The van der Waals surface area contributed by atoms with Gasteiger partial charge in [0, 0.05) is 6.42 Å². The highest BCUT2D eigenvalue weighted by Gasteiger charge is 2.17. The third kappa shape index (κ3) is 3.60. The molecule has 0 radical (unpaired) electrons. The lowest BCUT2D eigenvalue weighted by Gasteiger charge is -2.20. The molecule has 1 amide bonds. The van der Waals surface area contributed by atoms with Crippen molar-refractivity contribution in [3.63, 3.8) is 0 Å². The first kappa shape index (κ1) is 13.1. The number of amides is 1. The molecule has 0 aliphatic heterocycles. The van der Waals surface area contributed by atoms with Crippen LogP contribution in [-0.2, 0) is 4.79 Å². The molecule has 1 aliphatic carbocycles. The second-order valence-corrected chi connectivity index (χ2v) is 5.22. The molecule has 1 aliphatic rings. The first-order chi connectivity index (χ1) is 8.65. The minimum absolute atomic E-state index is 0.00352. The van der Waals surface area contributed by atoms with Gasteiger partial charge in [0.25, 0.3) is 0 Å². The molecular formula is C13H18ClN3O. The summed E-state index contributed by atoms with van der Waals surface area (Å²) >= 11 is 5.90. The topological polar surface area (TPSA) is 68.0 Å². The smallest absolute Gasteiger partial charge is 0.224 e. The van der Waals surface area contributed by atoms with Crippen molar-refractivity contribution < 1.29 is 4.79 Å². The van der Waals surface area contributed by atoms with Crippen LogP contribution in [0, 0.1) is 5.92 Å². The van der Waals surface area contributed by atoms with Crippen LogP contribution in [0.5, 0.6) is 0 Å². The summed E-state index contributed by atoms with van der Waals surface area (Å²) in [6, 6.07) is 1.63. The van der Waals surface area contributed by atoms with E-state index in [0.717, 1.165) is 12.8 Å². The van der Waals surface area contributed by atoms with Crippen LogP contribution in [0.25, 0.3) is 0 Å². The van der Waals surface area contributed by atoms with Gasteiger partial charge in [0.1, 0.15) is 0 Å². The average Bonchev–Trinajstić information content (AvgIpc) is 2.35. The monoisotopic (exact) mass is 267 g/mol. The molecule has 1 fully saturated rings. The number of anilines is 2. The number of hydrogen-bond donors (Lipinski definition) is 2. The zero-order valence-corrected chi connectivity index (χ0v) is 11.0. The normalized spacial score (nSPS) is 16.5. The van der Waals surface area contributed by atoms with Crippen LogP contribution in [0.15, 0.2) is 12.3 Å². The van der Waals surface area contributed by atoms with E-state index in [9.17, 15) is 4.79 Å². The molecule has 98 valence electrons. The van der Waals surface area contributed by atoms with Gasteiger partial charge in [-0.1, -0.05) is 30.9 Å². The largest absolute Gasteiger partial charge is 0.397 e. The van der Waals surface area contributed by atoms with Gasteiger partial charge in [0.2, 0.25) is 5.91 Å². The van der Waals surface area contributed by atoms with Crippen LogP contribution in [-0.4, -0.2) is 10.9 Å². The van der Waals surface area contributed by atoms with E-state index in [2.05, 4.69) is 10.3 Å². The van der Waals surface area contributed by atoms with E-state index in [0.29, 0.717) is 23.7 Å². The summed E-state index contributed by atoms with van der Waals surface area (Å²) in [5.41, 5.74) is 6.61. The maximum Gasteiger partial charge on any atom is 0.224 e. The van der Waals surface area contributed by atoms with Crippen molar-refractivity contribution in [2.75, 3.05) is 11.1 Å². The van der Waals surface area contributed by atoms with Crippen molar-refractivity contribution in [1.29, 1.82) is 0 Å². The van der Waals surface area contributed by atoms with Gasteiger partial charge < -0.3 is 11.1 Å². The molecule has 1 saturated carbocycles. The Hall–Kier alpha value is -1.29. The van der Waals surface area contributed by atoms with Crippen molar-refractivity contribution >= 4 is 28.9 Å². The summed E-state index contributed by atoms with van der Waals surface area (Å²) in [5.74, 6) is 0.503. The number of aromatic nitrogens is 1. The first-order valence-corrected chi connectivity index (χ1v) is 6.74. The average molecular weight is 268 g/mol. The zero-order valence-electron chi connectivity index (χ0n) is 10.3. The maximum atomic E-state index is 11.9. The minimum atomic E-state index is -0.00352. The van der Waals surface area contributed by atoms with E-state index in [1.165, 1.54) is 25.5 Å². The van der Waals surface area contributed by atoms with Gasteiger partial charge in [-0.2, -0.15) is 0 Å². The van der Waals surface area contributed by atoms with Gasteiger partial charge in [-0.3, -0.25) is 4.79 Å². The lowest BCUT2D eigenvalue weighted by molar-refractivity contribution is -0.117. The minimum Gasteiger partial charge on any atom is -0.397 e. The zero-order chi connectivity index (χ0) is 13.0. The number of nitrogens with one attached hydrogen (secondary N) is 1. The molecular weight excluding hydrogens is 250 g/mol. The highest BCUT2D eigenvalue weighted by molar-refractivity contribution is 6.32. The SMILES string of the molecule is Nc1cnc(Cl)c(NC(=O)CC2CCCCC2)c1. The number of carbonyl (C=O) groups is 1. The number of nitrogens with zero attached hydrogens (tertiary/aromatic N) is 1. The fraction of sp³-hybridized carbons (Fsp3) is 0.538. The molecule has 1 aromatic heterocycles. The fourth-order valence-electron chi connectivity index (χ4n) is 2.41. The van der Waals surface area contributed by atoms with Gasteiger partial charge >= 0.3 is 0 Å². The quantitative estimate of drug-likeness (QED) is 0.826. The molecule has 4 nitrogen and oxygen atoms in total. The van der Waals surface area contributed by atoms with Gasteiger partial charge in [0.15, 0.2) is 5.15 Å². The van der Waals surface area contributed by atoms with E-state index in [-0.39, 0.29) is 11.1 Å². The highest BCUT2D eigenvalue weighted by atomic mass is 35.5. The first-order valence-electron chi connectivity index (χ1n) is 6.36. The fourth-order valence-corrected chi connectivity index (χ4v) is 2.56. The number of nitrogen functional groups attached to an aromatic ring is 1. The van der Waals surface area contributed by atoms with Crippen LogP contribution in [0.3, 0.4) is 0 Å². The Balaban J connectivity index is 1.92. The Morgan fingerprint density at radius 3 is 2.89 bits per heavy atom. The molecule has 0 unspecified atom stereocenters. The Morgan fingerprint density at radius 2 is 2.17 bits per heavy atom. The van der Waals surface area contributed by atoms with Crippen molar-refractivity contribution in [2.45, 2.75) is 38.5 Å². The molecule has 3 N–H and O–H groups in total. The molecule has 1 aromatic rings. The van der Waals surface area contributed by atoms with E-state index >= 15 is 0 Å². The molecule has 1 heterocycles. The predicted molar refractivity (Wildman–Crippen MR) is 73.5 cm³/mol. The standard InChI is InChI=1S/C13H18ClN3O/c14-13-11(7-10(15)8-16-13)17-12(18)6-9-4-2-1-3-5-9/h7-9H,1-6,15H2,(H,17,18). The maximum absolute atomic E-state index is 11.9. The summed E-state index contributed by atoms with van der Waals surface area (Å²) < 4.78 is 0. The number of carbonyl (C=O) groups excluding carboxylic acids is 1. The Labute approximate surface area is 112 Å². The number of nitrogens with two attached hydrogens (primary N) is 1. The number of hydrogen-bond acceptors (Lipinski definition) is 3. The number of pyridine rings is 1. The predicted octanol–water partition coefficient (Wildman–Crippen LogP) is 3.23. The molecule has 0 spiro atoms. The Kier molecular flexibility index (Phi) is 4.42. The van der Waals surface area contributed by atoms with Gasteiger partial charge in [-0.15, -0.1) is 0 Å². The summed E-state index contributed by atoms with van der Waals surface area (Å²) in [5, 5.41) is 3.06. The van der Waals surface area contributed by atoms with Gasteiger partial charge in [0.05, 0.1) is 17.6 Å². The number of rotatable bonds is 3. The van der Waals surface area contributed by atoms with Crippen molar-refractivity contribution in [3.8, 4) is 0 Å².